The fourth-order valence-electron chi connectivity index (χ4n) is 2.15. The zero-order valence-electron chi connectivity index (χ0n) is 12.9. The number of nitriles is 1. The van der Waals surface area contributed by atoms with Crippen molar-refractivity contribution in [2.45, 2.75) is 17.7 Å². The molecule has 0 saturated carbocycles. The number of esters is 1. The predicted molar refractivity (Wildman–Crippen MR) is 86.2 cm³/mol. The van der Waals surface area contributed by atoms with Crippen molar-refractivity contribution in [2.24, 2.45) is 0 Å². The third-order valence-corrected chi connectivity index (χ3v) is 5.66. The first kappa shape index (κ1) is 18.7. The first-order valence-electron chi connectivity index (χ1n) is 7.38. The van der Waals surface area contributed by atoms with E-state index in [1.54, 1.807) is 0 Å². The van der Waals surface area contributed by atoms with Crippen LogP contribution in [0, 0.1) is 11.3 Å². The topological polar surface area (TPSA) is 96.7 Å². The van der Waals surface area contributed by atoms with E-state index in [9.17, 15) is 13.2 Å². The number of sulfonamides is 1. The molecule has 0 unspecified atom stereocenters. The van der Waals surface area contributed by atoms with Gasteiger partial charge in [-0.3, -0.25) is 0 Å². The minimum absolute atomic E-state index is 0.0111. The lowest BCUT2D eigenvalue weighted by atomic mass is 10.2. The van der Waals surface area contributed by atoms with Crippen LogP contribution < -0.4 is 0 Å². The minimum Gasteiger partial charge on any atom is -0.462 e. The number of carbonyl (C=O) groups excluding carboxylic acids is 1. The van der Waals surface area contributed by atoms with Crippen LogP contribution in [-0.4, -0.2) is 51.6 Å². The van der Waals surface area contributed by atoms with E-state index in [0.29, 0.717) is 19.6 Å². The maximum Gasteiger partial charge on any atom is 0.339 e. The van der Waals surface area contributed by atoms with Crippen molar-refractivity contribution < 1.29 is 22.7 Å². The Bertz CT molecular complexity index is 739. The number of ether oxygens (including phenoxy) is 2. The highest BCUT2D eigenvalue weighted by Gasteiger charge is 2.27. The van der Waals surface area contributed by atoms with Crippen LogP contribution in [0.3, 0.4) is 0 Å². The van der Waals surface area contributed by atoms with Gasteiger partial charge >= 0.3 is 5.97 Å². The van der Waals surface area contributed by atoms with Crippen LogP contribution in [0.5, 0.6) is 0 Å². The Kier molecular flexibility index (Phi) is 6.57. The van der Waals surface area contributed by atoms with Crippen LogP contribution in [0.2, 0.25) is 5.02 Å². The van der Waals surface area contributed by atoms with Gasteiger partial charge in [0.15, 0.2) is 0 Å². The molecule has 1 saturated heterocycles. The summed E-state index contributed by atoms with van der Waals surface area (Å²) in [6, 6.07) is 5.89. The zero-order valence-corrected chi connectivity index (χ0v) is 14.5. The van der Waals surface area contributed by atoms with Crippen LogP contribution in [0.25, 0.3) is 0 Å². The number of rotatable bonds is 6. The summed E-state index contributed by atoms with van der Waals surface area (Å²) in [5.74, 6) is -0.711. The second-order valence-corrected chi connectivity index (χ2v) is 7.40. The van der Waals surface area contributed by atoms with Gasteiger partial charge < -0.3 is 9.47 Å². The van der Waals surface area contributed by atoms with Crippen LogP contribution in [0.4, 0.5) is 0 Å². The summed E-state index contributed by atoms with van der Waals surface area (Å²) in [4.78, 5) is 12.1. The molecule has 130 valence electrons. The SMILES string of the molecule is N#CCCCOC(=O)c1cc(S(=O)(=O)N2CCOCC2)ccc1Cl. The van der Waals surface area contributed by atoms with Gasteiger partial charge in [-0.2, -0.15) is 9.57 Å². The highest BCUT2D eigenvalue weighted by atomic mass is 35.5. The molecule has 0 N–H and O–H groups in total. The Morgan fingerprint density at radius 2 is 2.08 bits per heavy atom. The predicted octanol–water partition coefficient (Wildman–Crippen LogP) is 1.82. The van der Waals surface area contributed by atoms with E-state index in [1.807, 2.05) is 6.07 Å². The van der Waals surface area contributed by atoms with Crippen molar-refractivity contribution in [1.82, 2.24) is 4.31 Å². The van der Waals surface area contributed by atoms with Gasteiger partial charge in [0, 0.05) is 19.5 Å². The molecule has 1 aromatic rings. The van der Waals surface area contributed by atoms with Crippen LogP contribution in [-0.2, 0) is 19.5 Å². The Labute approximate surface area is 145 Å². The lowest BCUT2D eigenvalue weighted by Crippen LogP contribution is -2.40. The molecule has 0 aliphatic carbocycles. The summed E-state index contributed by atoms with van der Waals surface area (Å²) in [6.45, 7) is 1.27. The summed E-state index contributed by atoms with van der Waals surface area (Å²) in [5.41, 5.74) is -0.0111. The maximum atomic E-state index is 12.6. The number of carbonyl (C=O) groups is 1. The fourth-order valence-corrected chi connectivity index (χ4v) is 3.78. The second kappa shape index (κ2) is 8.44. The molecule has 24 heavy (non-hydrogen) atoms. The van der Waals surface area contributed by atoms with Gasteiger partial charge in [0.25, 0.3) is 0 Å². The van der Waals surface area contributed by atoms with Crippen LogP contribution in [0.15, 0.2) is 23.1 Å². The molecule has 1 aromatic carbocycles. The van der Waals surface area contributed by atoms with E-state index in [2.05, 4.69) is 0 Å². The Morgan fingerprint density at radius 3 is 2.75 bits per heavy atom. The largest absolute Gasteiger partial charge is 0.462 e. The average Bonchev–Trinajstić information content (AvgIpc) is 2.59. The van der Waals surface area contributed by atoms with Crippen molar-refractivity contribution in [2.75, 3.05) is 32.9 Å². The van der Waals surface area contributed by atoms with E-state index < -0.39 is 16.0 Å². The third-order valence-electron chi connectivity index (χ3n) is 3.43. The highest BCUT2D eigenvalue weighted by molar-refractivity contribution is 7.89. The van der Waals surface area contributed by atoms with Crippen molar-refractivity contribution in [3.8, 4) is 6.07 Å². The van der Waals surface area contributed by atoms with Crippen molar-refractivity contribution in [3.05, 3.63) is 28.8 Å². The normalized spacial score (nSPS) is 15.7. The number of hydrogen-bond acceptors (Lipinski definition) is 6. The molecule has 1 fully saturated rings. The summed E-state index contributed by atoms with van der Waals surface area (Å²) in [7, 11) is -3.72. The number of nitrogens with zero attached hydrogens (tertiary/aromatic N) is 2. The average molecular weight is 373 g/mol. The van der Waals surface area contributed by atoms with Gasteiger partial charge in [0.2, 0.25) is 10.0 Å². The van der Waals surface area contributed by atoms with E-state index >= 15 is 0 Å². The summed E-state index contributed by atoms with van der Waals surface area (Å²) in [5, 5.41) is 8.56. The van der Waals surface area contributed by atoms with Crippen LogP contribution in [0.1, 0.15) is 23.2 Å². The number of benzene rings is 1. The number of morpholine rings is 1. The molecule has 0 radical (unpaired) electrons. The smallest absolute Gasteiger partial charge is 0.339 e. The second-order valence-electron chi connectivity index (χ2n) is 5.06. The van der Waals surface area contributed by atoms with Crippen LogP contribution >= 0.6 is 11.6 Å². The molecular weight excluding hydrogens is 356 g/mol. The lowest BCUT2D eigenvalue weighted by Gasteiger charge is -2.26. The number of hydrogen-bond donors (Lipinski definition) is 0. The summed E-state index contributed by atoms with van der Waals surface area (Å²) >= 11 is 5.99. The van der Waals surface area contributed by atoms with E-state index in [1.165, 1.54) is 22.5 Å². The molecule has 1 aliphatic heterocycles. The van der Waals surface area contributed by atoms with Crippen molar-refractivity contribution in [1.29, 1.82) is 5.26 Å². The van der Waals surface area contributed by atoms with Gasteiger partial charge in [-0.1, -0.05) is 11.6 Å². The summed E-state index contributed by atoms with van der Waals surface area (Å²) < 4.78 is 36.7. The molecule has 0 atom stereocenters. The first-order valence-corrected chi connectivity index (χ1v) is 9.20. The quantitative estimate of drug-likeness (QED) is 0.558. The van der Waals surface area contributed by atoms with Gasteiger partial charge in [-0.15, -0.1) is 0 Å². The monoisotopic (exact) mass is 372 g/mol. The number of unbranched alkanes of at least 4 members (excludes halogenated alkanes) is 1. The van der Waals surface area contributed by atoms with E-state index in [4.69, 9.17) is 26.3 Å². The Morgan fingerprint density at radius 1 is 1.38 bits per heavy atom. The summed E-state index contributed by atoms with van der Waals surface area (Å²) in [6.07, 6.45) is 0.679. The maximum absolute atomic E-state index is 12.6. The Balaban J connectivity index is 2.18. The van der Waals surface area contributed by atoms with Crippen molar-refractivity contribution in [3.63, 3.8) is 0 Å². The zero-order chi connectivity index (χ0) is 17.6. The minimum atomic E-state index is -3.72. The lowest BCUT2D eigenvalue weighted by molar-refractivity contribution is 0.0501. The Hall–Kier alpha value is -1.66. The van der Waals surface area contributed by atoms with E-state index in [-0.39, 0.29) is 41.6 Å². The molecular formula is C15H17ClN2O5S. The van der Waals surface area contributed by atoms with E-state index in [0.717, 1.165) is 0 Å². The molecule has 0 amide bonds. The molecule has 0 spiro atoms. The third kappa shape index (κ3) is 4.45. The molecule has 0 bridgehead atoms. The van der Waals surface area contributed by atoms with Crippen molar-refractivity contribution >= 4 is 27.6 Å². The standard InChI is InChI=1S/C15H17ClN2O5S/c16-14-4-3-12(24(20,21)18-6-9-22-10-7-18)11-13(14)15(19)23-8-2-1-5-17/h3-4,11H,1-2,6-10H2. The number of halogens is 1. The molecule has 1 heterocycles. The molecule has 2 rings (SSSR count). The fraction of sp³-hybridized carbons (Fsp3) is 0.467. The highest BCUT2D eigenvalue weighted by Crippen LogP contribution is 2.24. The van der Waals surface area contributed by atoms with Gasteiger partial charge in [0.1, 0.15) is 0 Å². The first-order chi connectivity index (χ1) is 11.5. The molecule has 9 heteroatoms. The van der Waals surface area contributed by atoms with Gasteiger partial charge in [-0.25, -0.2) is 13.2 Å². The van der Waals surface area contributed by atoms with Gasteiger partial charge in [-0.05, 0) is 24.6 Å². The molecule has 0 aromatic heterocycles. The molecule has 7 nitrogen and oxygen atoms in total. The molecule has 1 aliphatic rings. The van der Waals surface area contributed by atoms with Gasteiger partial charge in [0.05, 0.1) is 41.4 Å².